The molecule has 2 aromatic rings. The lowest BCUT2D eigenvalue weighted by Gasteiger charge is -2.30. The number of fused-ring (bicyclic) bond motifs is 1. The summed E-state index contributed by atoms with van der Waals surface area (Å²) in [6.07, 6.45) is 1.79. The number of aromatic nitrogens is 2. The number of hydrogen-bond acceptors (Lipinski definition) is 4. The summed E-state index contributed by atoms with van der Waals surface area (Å²) in [6.45, 7) is 3.84. The Morgan fingerprint density at radius 1 is 1.33 bits per heavy atom. The van der Waals surface area contributed by atoms with Gasteiger partial charge in [0, 0.05) is 31.7 Å². The lowest BCUT2D eigenvalue weighted by Crippen LogP contribution is -2.48. The predicted molar refractivity (Wildman–Crippen MR) is 69.1 cm³/mol. The number of nitrogens with two attached hydrogens (primary N) is 1. The average Bonchev–Trinajstić information content (AvgIpc) is 2.82. The van der Waals surface area contributed by atoms with E-state index in [0.717, 1.165) is 37.2 Å². The van der Waals surface area contributed by atoms with Gasteiger partial charge in [0.2, 0.25) is 5.91 Å². The molecule has 0 aliphatic carbocycles. The molecule has 0 atom stereocenters. The highest BCUT2D eigenvalue weighted by atomic mass is 16.1. The second kappa shape index (κ2) is 4.30. The van der Waals surface area contributed by atoms with Crippen molar-refractivity contribution in [2.75, 3.05) is 31.2 Å². The molecule has 1 aromatic heterocycles. The molecular formula is C12H15N5O. The predicted octanol–water partition coefficient (Wildman–Crippen LogP) is -0.324. The first-order valence-corrected chi connectivity index (χ1v) is 5.98. The van der Waals surface area contributed by atoms with E-state index in [1.165, 1.54) is 0 Å². The average molecular weight is 245 g/mol. The van der Waals surface area contributed by atoms with Gasteiger partial charge in [-0.05, 0) is 18.2 Å². The largest absolute Gasteiger partial charge is 0.366 e. The van der Waals surface area contributed by atoms with E-state index < -0.39 is 5.91 Å². The van der Waals surface area contributed by atoms with Gasteiger partial charge < -0.3 is 16.1 Å². The zero-order valence-corrected chi connectivity index (χ0v) is 9.97. The van der Waals surface area contributed by atoms with Crippen LogP contribution in [0.4, 0.5) is 0 Å². The van der Waals surface area contributed by atoms with Gasteiger partial charge in [-0.1, -0.05) is 0 Å². The molecule has 0 spiro atoms. The number of carbonyl (C=O) groups is 1. The van der Waals surface area contributed by atoms with Crippen molar-refractivity contribution < 1.29 is 4.79 Å². The topological polar surface area (TPSA) is 76.2 Å². The Morgan fingerprint density at radius 3 is 2.83 bits per heavy atom. The third-order valence-electron chi connectivity index (χ3n) is 3.21. The van der Waals surface area contributed by atoms with Gasteiger partial charge in [-0.2, -0.15) is 0 Å². The third kappa shape index (κ3) is 1.80. The van der Waals surface area contributed by atoms with Crippen molar-refractivity contribution in [3.63, 3.8) is 0 Å². The summed E-state index contributed by atoms with van der Waals surface area (Å²) in [4.78, 5) is 15.5. The Balaban J connectivity index is 2.01. The van der Waals surface area contributed by atoms with E-state index >= 15 is 0 Å². The molecule has 0 radical (unpaired) electrons. The standard InChI is InChI=1S/C12H15N5O/c13-12(18)9-1-2-11-10(7-9)15-8-17(11)16-5-3-14-4-6-16/h1-2,7-8,14H,3-6H2,(H2,13,18). The van der Waals surface area contributed by atoms with Crippen LogP contribution in [0.1, 0.15) is 10.4 Å². The SMILES string of the molecule is NC(=O)c1ccc2c(c1)ncn2N1CCNCC1. The molecule has 1 aliphatic rings. The Labute approximate surface area is 104 Å². The minimum absolute atomic E-state index is 0.423. The molecule has 0 saturated carbocycles. The summed E-state index contributed by atoms with van der Waals surface area (Å²) < 4.78 is 2.04. The molecule has 18 heavy (non-hydrogen) atoms. The molecule has 1 amide bonds. The van der Waals surface area contributed by atoms with Crippen molar-refractivity contribution >= 4 is 16.9 Å². The number of piperazine rings is 1. The van der Waals surface area contributed by atoms with Crippen molar-refractivity contribution in [3.05, 3.63) is 30.1 Å². The maximum absolute atomic E-state index is 11.1. The normalized spacial score (nSPS) is 16.1. The van der Waals surface area contributed by atoms with Crippen molar-refractivity contribution in [1.82, 2.24) is 15.0 Å². The number of nitrogens with one attached hydrogen (secondary N) is 1. The van der Waals surface area contributed by atoms with Crippen LogP contribution in [0.5, 0.6) is 0 Å². The molecule has 3 rings (SSSR count). The van der Waals surface area contributed by atoms with Crippen LogP contribution < -0.4 is 16.1 Å². The van der Waals surface area contributed by atoms with Crippen LogP contribution in [0.3, 0.4) is 0 Å². The van der Waals surface area contributed by atoms with E-state index in [9.17, 15) is 4.79 Å². The van der Waals surface area contributed by atoms with Gasteiger partial charge in [0.1, 0.15) is 6.33 Å². The van der Waals surface area contributed by atoms with Crippen LogP contribution in [0, 0.1) is 0 Å². The molecule has 6 nitrogen and oxygen atoms in total. The maximum Gasteiger partial charge on any atom is 0.248 e. The van der Waals surface area contributed by atoms with Crippen molar-refractivity contribution in [1.29, 1.82) is 0 Å². The van der Waals surface area contributed by atoms with Crippen LogP contribution in [0.15, 0.2) is 24.5 Å². The zero-order chi connectivity index (χ0) is 12.5. The molecule has 94 valence electrons. The zero-order valence-electron chi connectivity index (χ0n) is 9.97. The Hall–Kier alpha value is -2.08. The summed E-state index contributed by atoms with van der Waals surface area (Å²) in [5.74, 6) is -0.423. The number of primary amides is 1. The summed E-state index contributed by atoms with van der Waals surface area (Å²) in [5.41, 5.74) is 7.55. The molecule has 1 fully saturated rings. The highest BCUT2D eigenvalue weighted by molar-refractivity contribution is 5.96. The lowest BCUT2D eigenvalue weighted by molar-refractivity contribution is 0.100. The second-order valence-electron chi connectivity index (χ2n) is 4.36. The molecule has 1 saturated heterocycles. The van der Waals surface area contributed by atoms with Crippen molar-refractivity contribution in [3.8, 4) is 0 Å². The van der Waals surface area contributed by atoms with E-state index in [1.807, 2.05) is 10.7 Å². The Morgan fingerprint density at radius 2 is 2.11 bits per heavy atom. The number of carbonyl (C=O) groups excluding carboxylic acids is 1. The van der Waals surface area contributed by atoms with Gasteiger partial charge in [-0.25, -0.2) is 9.66 Å². The van der Waals surface area contributed by atoms with E-state index in [-0.39, 0.29) is 0 Å². The van der Waals surface area contributed by atoms with Gasteiger partial charge >= 0.3 is 0 Å². The van der Waals surface area contributed by atoms with Crippen molar-refractivity contribution in [2.24, 2.45) is 5.73 Å². The minimum atomic E-state index is -0.423. The smallest absolute Gasteiger partial charge is 0.248 e. The molecule has 1 aliphatic heterocycles. The fourth-order valence-corrected chi connectivity index (χ4v) is 2.25. The van der Waals surface area contributed by atoms with E-state index in [4.69, 9.17) is 5.73 Å². The minimum Gasteiger partial charge on any atom is -0.366 e. The van der Waals surface area contributed by atoms with Crippen LogP contribution in [-0.4, -0.2) is 41.7 Å². The fraction of sp³-hybridized carbons (Fsp3) is 0.333. The molecule has 0 unspecified atom stereocenters. The molecule has 1 aromatic carbocycles. The monoisotopic (exact) mass is 245 g/mol. The first kappa shape index (κ1) is 11.0. The lowest BCUT2D eigenvalue weighted by atomic mass is 10.2. The third-order valence-corrected chi connectivity index (χ3v) is 3.21. The number of nitrogens with zero attached hydrogens (tertiary/aromatic N) is 3. The fourth-order valence-electron chi connectivity index (χ4n) is 2.25. The van der Waals surface area contributed by atoms with Gasteiger partial charge in [0.15, 0.2) is 0 Å². The number of rotatable bonds is 2. The molecule has 3 N–H and O–H groups in total. The molecule has 2 heterocycles. The van der Waals surface area contributed by atoms with E-state index in [0.29, 0.717) is 5.56 Å². The summed E-state index contributed by atoms with van der Waals surface area (Å²) in [6, 6.07) is 5.37. The van der Waals surface area contributed by atoms with Crippen LogP contribution in [0.25, 0.3) is 11.0 Å². The highest BCUT2D eigenvalue weighted by Crippen LogP contribution is 2.15. The highest BCUT2D eigenvalue weighted by Gasteiger charge is 2.13. The quantitative estimate of drug-likeness (QED) is 0.760. The van der Waals surface area contributed by atoms with Gasteiger partial charge in [0.05, 0.1) is 11.0 Å². The van der Waals surface area contributed by atoms with Gasteiger partial charge in [-0.15, -0.1) is 0 Å². The van der Waals surface area contributed by atoms with E-state index in [1.54, 1.807) is 18.5 Å². The van der Waals surface area contributed by atoms with Gasteiger partial charge in [-0.3, -0.25) is 4.79 Å². The molecule has 6 heteroatoms. The van der Waals surface area contributed by atoms with Crippen molar-refractivity contribution in [2.45, 2.75) is 0 Å². The first-order chi connectivity index (χ1) is 8.75. The van der Waals surface area contributed by atoms with Crippen LogP contribution in [-0.2, 0) is 0 Å². The molecular weight excluding hydrogens is 230 g/mol. The summed E-state index contributed by atoms with van der Waals surface area (Å²) in [5, 5.41) is 5.54. The summed E-state index contributed by atoms with van der Waals surface area (Å²) >= 11 is 0. The van der Waals surface area contributed by atoms with Crippen LogP contribution in [0.2, 0.25) is 0 Å². The summed E-state index contributed by atoms with van der Waals surface area (Å²) in [7, 11) is 0. The first-order valence-electron chi connectivity index (χ1n) is 5.98. The number of hydrogen-bond donors (Lipinski definition) is 2. The Bertz CT molecular complexity index is 585. The number of imidazole rings is 1. The van der Waals surface area contributed by atoms with Gasteiger partial charge in [0.25, 0.3) is 0 Å². The maximum atomic E-state index is 11.1. The Kier molecular flexibility index (Phi) is 2.64. The van der Waals surface area contributed by atoms with Crippen LogP contribution >= 0.6 is 0 Å². The molecule has 0 bridgehead atoms. The number of benzene rings is 1. The number of amides is 1. The van der Waals surface area contributed by atoms with E-state index in [2.05, 4.69) is 15.3 Å². The second-order valence-corrected chi connectivity index (χ2v) is 4.36.